The van der Waals surface area contributed by atoms with Crippen molar-refractivity contribution in [2.75, 3.05) is 5.32 Å². The molecule has 0 spiro atoms. The normalized spacial score (nSPS) is 11.8. The number of aromatic nitrogens is 6. The van der Waals surface area contributed by atoms with E-state index in [0.29, 0.717) is 28.3 Å². The van der Waals surface area contributed by atoms with Crippen LogP contribution in [0.15, 0.2) is 36.7 Å². The van der Waals surface area contributed by atoms with E-state index in [2.05, 4.69) is 30.6 Å². The zero-order chi connectivity index (χ0) is 24.6. The summed E-state index contributed by atoms with van der Waals surface area (Å²) in [7, 11) is 0. The number of hydrogen-bond donors (Lipinski definition) is 3. The highest BCUT2D eigenvalue weighted by atomic mass is 19.3. The Morgan fingerprint density at radius 2 is 1.85 bits per heavy atom. The number of benzene rings is 1. The van der Waals surface area contributed by atoms with Gasteiger partial charge in [-0.05, 0) is 52.0 Å². The third-order valence-corrected chi connectivity index (χ3v) is 5.08. The van der Waals surface area contributed by atoms with Gasteiger partial charge in [-0.15, -0.1) is 0 Å². The van der Waals surface area contributed by atoms with Gasteiger partial charge in [-0.2, -0.15) is 19.0 Å². The third kappa shape index (κ3) is 4.57. The molecule has 12 heteroatoms. The lowest BCUT2D eigenvalue weighted by Crippen LogP contribution is -2.18. The Labute approximate surface area is 192 Å². The quantitative estimate of drug-likeness (QED) is 0.365. The van der Waals surface area contributed by atoms with Gasteiger partial charge in [0.05, 0.1) is 11.3 Å². The predicted octanol–water partition coefficient (Wildman–Crippen LogP) is 4.38. The second-order valence-electron chi connectivity index (χ2n) is 8.06. The number of aromatic amines is 1. The Kier molecular flexibility index (Phi) is 6.00. The molecule has 3 heterocycles. The van der Waals surface area contributed by atoms with E-state index in [4.69, 9.17) is 4.74 Å². The topological polar surface area (TPSA) is 114 Å². The van der Waals surface area contributed by atoms with Gasteiger partial charge >= 0.3 is 6.61 Å². The molecule has 9 nitrogen and oxygen atoms in total. The Balaban J connectivity index is 1.70. The molecule has 0 unspecified atom stereocenters. The lowest BCUT2D eigenvalue weighted by molar-refractivity contribution is -0.0489. The summed E-state index contributed by atoms with van der Waals surface area (Å²) in [4.78, 5) is 8.36. The summed E-state index contributed by atoms with van der Waals surface area (Å²) in [6, 6.07) is 6.77. The van der Waals surface area contributed by atoms with Crippen molar-refractivity contribution in [3.63, 3.8) is 0 Å². The van der Waals surface area contributed by atoms with Gasteiger partial charge in [-0.25, -0.2) is 19.0 Å². The highest BCUT2D eigenvalue weighted by molar-refractivity contribution is 5.75. The molecule has 0 aliphatic carbocycles. The number of rotatable bonds is 7. The van der Waals surface area contributed by atoms with Gasteiger partial charge in [0.2, 0.25) is 0 Å². The fraction of sp³-hybridized carbons (Fsp3) is 0.273. The molecule has 34 heavy (non-hydrogen) atoms. The maximum atomic E-state index is 13.3. The second-order valence-corrected chi connectivity index (χ2v) is 8.06. The first kappa shape index (κ1) is 23.2. The first-order valence-electron chi connectivity index (χ1n) is 10.2. The number of halogens is 3. The maximum Gasteiger partial charge on any atom is 0.387 e. The number of H-pyrrole nitrogens is 1. The maximum absolute atomic E-state index is 13.3. The summed E-state index contributed by atoms with van der Waals surface area (Å²) in [5, 5.41) is 24.4. The largest absolute Gasteiger partial charge is 0.428 e. The minimum Gasteiger partial charge on any atom is -0.428 e. The monoisotopic (exact) mass is 473 g/mol. The predicted molar refractivity (Wildman–Crippen MR) is 118 cm³/mol. The van der Waals surface area contributed by atoms with Crippen LogP contribution in [-0.4, -0.2) is 41.7 Å². The van der Waals surface area contributed by atoms with Gasteiger partial charge in [0.1, 0.15) is 23.7 Å². The number of hydrogen-bond acceptors (Lipinski definition) is 7. The van der Waals surface area contributed by atoms with Crippen LogP contribution in [0.2, 0.25) is 0 Å². The van der Waals surface area contributed by atoms with Crippen LogP contribution in [0, 0.1) is 19.7 Å². The molecule has 4 rings (SSSR count). The molecule has 0 bridgehead atoms. The number of nitrogens with zero attached hydrogens (tertiary/aromatic N) is 5. The van der Waals surface area contributed by atoms with E-state index in [1.165, 1.54) is 30.6 Å². The molecule has 3 aromatic heterocycles. The second kappa shape index (κ2) is 8.78. The van der Waals surface area contributed by atoms with Crippen molar-refractivity contribution in [1.29, 1.82) is 0 Å². The molecule has 3 N–H and O–H groups in total. The van der Waals surface area contributed by atoms with Crippen molar-refractivity contribution in [1.82, 2.24) is 29.9 Å². The Morgan fingerprint density at radius 1 is 1.15 bits per heavy atom. The molecule has 0 aliphatic heterocycles. The lowest BCUT2D eigenvalue weighted by atomic mass is 9.96. The molecule has 0 fully saturated rings. The van der Waals surface area contributed by atoms with E-state index >= 15 is 0 Å². The van der Waals surface area contributed by atoms with Crippen LogP contribution >= 0.6 is 0 Å². The van der Waals surface area contributed by atoms with Crippen LogP contribution in [0.4, 0.5) is 24.8 Å². The highest BCUT2D eigenvalue weighted by Crippen LogP contribution is 2.37. The van der Waals surface area contributed by atoms with E-state index in [0.717, 1.165) is 0 Å². The molecule has 0 saturated carbocycles. The van der Waals surface area contributed by atoms with Crippen molar-refractivity contribution in [2.45, 2.75) is 39.9 Å². The van der Waals surface area contributed by atoms with Crippen LogP contribution in [0.1, 0.15) is 30.8 Å². The molecule has 0 amide bonds. The Bertz CT molecular complexity index is 1310. The zero-order valence-electron chi connectivity index (χ0n) is 18.8. The smallest absolute Gasteiger partial charge is 0.387 e. The Hall–Kier alpha value is -3.93. The van der Waals surface area contributed by atoms with Gasteiger partial charge in [-0.1, -0.05) is 0 Å². The molecule has 0 radical (unpaired) electrons. The van der Waals surface area contributed by atoms with Gasteiger partial charge in [0, 0.05) is 22.9 Å². The van der Waals surface area contributed by atoms with Gasteiger partial charge in [-0.3, -0.25) is 5.10 Å². The van der Waals surface area contributed by atoms with Crippen molar-refractivity contribution < 1.29 is 23.0 Å². The summed E-state index contributed by atoms with van der Waals surface area (Å²) in [6.45, 7) is 3.81. The zero-order valence-corrected chi connectivity index (χ0v) is 18.8. The van der Waals surface area contributed by atoms with Crippen molar-refractivity contribution in [3.05, 3.63) is 59.4 Å². The fourth-order valence-electron chi connectivity index (χ4n) is 3.84. The molecular weight excluding hydrogens is 451 g/mol. The molecule has 178 valence electrons. The fourth-order valence-corrected chi connectivity index (χ4v) is 3.84. The van der Waals surface area contributed by atoms with Crippen LogP contribution < -0.4 is 10.1 Å². The minimum absolute atomic E-state index is 0.0465. The number of nitrogens with one attached hydrogen (secondary N) is 2. The summed E-state index contributed by atoms with van der Waals surface area (Å²) < 4.78 is 45.8. The van der Waals surface area contributed by atoms with Crippen LogP contribution in [0.5, 0.6) is 5.75 Å². The average Bonchev–Trinajstić information content (AvgIpc) is 3.28. The number of aliphatic hydroxyl groups is 1. The SMILES string of the molecule is Cc1nn(-c2cc(Nc3n[nH]c(-c4ccc(F)cc4)c3OC(F)F)ncn2)c(C)c1C(C)(C)O. The van der Waals surface area contributed by atoms with Crippen LogP contribution in [0.25, 0.3) is 17.1 Å². The van der Waals surface area contributed by atoms with Gasteiger partial charge in [0.25, 0.3) is 0 Å². The van der Waals surface area contributed by atoms with Gasteiger partial charge < -0.3 is 15.2 Å². The summed E-state index contributed by atoms with van der Waals surface area (Å²) in [5.74, 6) is -0.145. The first-order valence-corrected chi connectivity index (χ1v) is 10.2. The molecule has 0 saturated heterocycles. The summed E-state index contributed by atoms with van der Waals surface area (Å²) in [6.07, 6.45) is 1.28. The molecule has 4 aromatic rings. The van der Waals surface area contributed by atoms with Gasteiger partial charge in [0.15, 0.2) is 17.4 Å². The lowest BCUT2D eigenvalue weighted by Gasteiger charge is -2.18. The van der Waals surface area contributed by atoms with E-state index in [9.17, 15) is 18.3 Å². The number of anilines is 2. The molecule has 1 aromatic carbocycles. The Morgan fingerprint density at radius 3 is 2.47 bits per heavy atom. The number of ether oxygens (including phenoxy) is 1. The van der Waals surface area contributed by atoms with E-state index in [1.807, 2.05) is 0 Å². The van der Waals surface area contributed by atoms with Crippen molar-refractivity contribution in [2.24, 2.45) is 0 Å². The number of alkyl halides is 2. The van der Waals surface area contributed by atoms with Crippen molar-refractivity contribution >= 4 is 11.6 Å². The highest BCUT2D eigenvalue weighted by Gasteiger charge is 2.26. The summed E-state index contributed by atoms with van der Waals surface area (Å²) >= 11 is 0. The molecular formula is C22H22F3N7O2. The standard InChI is InChI=1S/C22H22F3N7O2/c1-11-17(22(3,4)33)12(2)32(31-11)16-9-15(26-10-27-16)28-20-19(34-21(24)25)18(29-30-20)13-5-7-14(23)8-6-13/h5-10,21,33H,1-4H3,(H2,26,27,28,29,30). The average molecular weight is 473 g/mol. The molecule has 0 aliphatic rings. The summed E-state index contributed by atoms with van der Waals surface area (Å²) in [5.41, 5.74) is 1.45. The van der Waals surface area contributed by atoms with Crippen LogP contribution in [-0.2, 0) is 5.60 Å². The van der Waals surface area contributed by atoms with Crippen molar-refractivity contribution in [3.8, 4) is 22.8 Å². The first-order chi connectivity index (χ1) is 16.0. The number of aryl methyl sites for hydroxylation is 1. The third-order valence-electron chi connectivity index (χ3n) is 5.08. The van der Waals surface area contributed by atoms with E-state index in [1.54, 1.807) is 38.4 Å². The van der Waals surface area contributed by atoms with Crippen LogP contribution in [0.3, 0.4) is 0 Å². The molecule has 0 atom stereocenters. The minimum atomic E-state index is -3.12. The van der Waals surface area contributed by atoms with E-state index < -0.39 is 18.0 Å². The van der Waals surface area contributed by atoms with E-state index in [-0.39, 0.29) is 23.1 Å².